The highest BCUT2D eigenvalue weighted by Gasteiger charge is 2.15. The van der Waals surface area contributed by atoms with E-state index >= 15 is 0 Å². The fraction of sp³-hybridized carbons (Fsp3) is 1.00. The summed E-state index contributed by atoms with van der Waals surface area (Å²) in [6.45, 7) is 6.23. The van der Waals surface area contributed by atoms with Crippen LogP contribution in [0.1, 0.15) is 0 Å². The summed E-state index contributed by atoms with van der Waals surface area (Å²) in [5.74, 6) is 0. The van der Waals surface area contributed by atoms with Crippen LogP contribution in [-0.2, 0) is 13.0 Å². The van der Waals surface area contributed by atoms with Crippen molar-refractivity contribution in [2.24, 2.45) is 0 Å². The molecule has 7 heteroatoms. The van der Waals surface area contributed by atoms with E-state index in [4.69, 9.17) is 13.0 Å². The molecular formula is C3H15BO3Si3. The van der Waals surface area contributed by atoms with Crippen molar-refractivity contribution in [3.05, 3.63) is 0 Å². The summed E-state index contributed by atoms with van der Waals surface area (Å²) in [6.07, 6.45) is 0. The van der Waals surface area contributed by atoms with E-state index in [0.717, 1.165) is 0 Å². The zero-order valence-electron chi connectivity index (χ0n) is 6.92. The van der Waals surface area contributed by atoms with Crippen LogP contribution in [0.3, 0.4) is 0 Å². The molecule has 0 bridgehead atoms. The lowest BCUT2D eigenvalue weighted by Gasteiger charge is -2.11. The maximum Gasteiger partial charge on any atom is 0.605 e. The summed E-state index contributed by atoms with van der Waals surface area (Å²) in [7, 11) is -1.43. The van der Waals surface area contributed by atoms with E-state index in [-0.39, 0.29) is 36.6 Å². The molecule has 0 amide bonds. The number of hydrogen-bond acceptors (Lipinski definition) is 3. The van der Waals surface area contributed by atoms with Crippen LogP contribution in [0, 0.1) is 0 Å². The first-order chi connectivity index (χ1) is 4.85. The van der Waals surface area contributed by atoms with Gasteiger partial charge in [-0.1, -0.05) is 19.6 Å². The van der Waals surface area contributed by atoms with E-state index < -0.39 is 0 Å². The van der Waals surface area contributed by atoms with Crippen LogP contribution in [0.15, 0.2) is 0 Å². The predicted octanol–water partition coefficient (Wildman–Crippen LogP) is -1.58. The summed E-state index contributed by atoms with van der Waals surface area (Å²) in [4.78, 5) is 0. The average Bonchev–Trinajstić information content (AvgIpc) is 1.90. The Morgan fingerprint density at radius 1 is 0.800 bits per heavy atom. The molecule has 0 aliphatic heterocycles. The van der Waals surface area contributed by atoms with Gasteiger partial charge in [0.25, 0.3) is 0 Å². The largest absolute Gasteiger partial charge is 0.605 e. The Morgan fingerprint density at radius 3 is 1.30 bits per heavy atom. The first-order valence-electron chi connectivity index (χ1n) is 3.69. The summed E-state index contributed by atoms with van der Waals surface area (Å²) in [5, 5.41) is 0. The molecule has 3 nitrogen and oxygen atoms in total. The standard InChI is InChI=1S/C3H15BO3Si3/c1-8-5-4(6-9-2)7-10-3/h8-10H2,1-3H3. The third kappa shape index (κ3) is 5.39. The van der Waals surface area contributed by atoms with Crippen molar-refractivity contribution in [1.82, 2.24) is 0 Å². The summed E-state index contributed by atoms with van der Waals surface area (Å²) < 4.78 is 15.9. The Morgan fingerprint density at radius 2 is 1.10 bits per heavy atom. The zero-order chi connectivity index (χ0) is 7.82. The van der Waals surface area contributed by atoms with Gasteiger partial charge in [-0.2, -0.15) is 0 Å². The van der Waals surface area contributed by atoms with E-state index in [1.165, 1.54) is 0 Å². The molecule has 0 aromatic rings. The summed E-state index contributed by atoms with van der Waals surface area (Å²) in [6, 6.07) is 0. The SMILES string of the molecule is C[SiH2]OB(O[SiH2]C)O[SiH2]C. The molecule has 0 aliphatic rings. The molecule has 0 saturated carbocycles. The molecular weight excluding hydrogens is 179 g/mol. The third-order valence-electron chi connectivity index (χ3n) is 0.908. The van der Waals surface area contributed by atoms with Gasteiger partial charge in [0.15, 0.2) is 0 Å². The second-order valence-corrected chi connectivity index (χ2v) is 4.39. The van der Waals surface area contributed by atoms with Gasteiger partial charge in [0.05, 0.1) is 0 Å². The maximum atomic E-state index is 5.29. The van der Waals surface area contributed by atoms with E-state index in [1.807, 2.05) is 0 Å². The Labute approximate surface area is 69.8 Å². The molecule has 0 saturated heterocycles. The van der Waals surface area contributed by atoms with E-state index in [2.05, 4.69) is 19.6 Å². The van der Waals surface area contributed by atoms with Crippen LogP contribution in [0.25, 0.3) is 0 Å². The molecule has 0 atom stereocenters. The highest BCUT2D eigenvalue weighted by molar-refractivity contribution is 6.57. The van der Waals surface area contributed by atoms with Gasteiger partial charge in [-0.25, -0.2) is 0 Å². The number of hydrogen-bond donors (Lipinski definition) is 0. The van der Waals surface area contributed by atoms with Gasteiger partial charge in [-0.3, -0.25) is 0 Å². The lowest BCUT2D eigenvalue weighted by atomic mass is 10.3. The fourth-order valence-corrected chi connectivity index (χ4v) is 2.52. The smallest absolute Gasteiger partial charge is 0.435 e. The van der Waals surface area contributed by atoms with E-state index in [0.29, 0.717) is 0 Å². The van der Waals surface area contributed by atoms with Gasteiger partial charge in [0.2, 0.25) is 0 Å². The van der Waals surface area contributed by atoms with E-state index in [1.54, 1.807) is 0 Å². The molecule has 0 fully saturated rings. The van der Waals surface area contributed by atoms with Crippen molar-refractivity contribution in [1.29, 1.82) is 0 Å². The first-order valence-corrected chi connectivity index (χ1v) is 9.67. The van der Waals surface area contributed by atoms with E-state index in [9.17, 15) is 0 Å². The molecule has 0 aromatic carbocycles. The highest BCUT2D eigenvalue weighted by Crippen LogP contribution is 1.88. The Bertz CT molecular complexity index is 61.7. The molecule has 0 rings (SSSR count). The lowest BCUT2D eigenvalue weighted by molar-refractivity contribution is 0.333. The molecule has 0 N–H and O–H groups in total. The van der Waals surface area contributed by atoms with Crippen molar-refractivity contribution in [2.75, 3.05) is 0 Å². The zero-order valence-corrected chi connectivity index (χ0v) is 11.2. The van der Waals surface area contributed by atoms with Gasteiger partial charge in [-0.05, 0) is 0 Å². The quantitative estimate of drug-likeness (QED) is 0.477. The van der Waals surface area contributed by atoms with Gasteiger partial charge in [0, 0.05) is 0 Å². The van der Waals surface area contributed by atoms with Crippen molar-refractivity contribution in [3.8, 4) is 0 Å². The molecule has 10 heavy (non-hydrogen) atoms. The first kappa shape index (κ1) is 10.6. The molecule has 0 radical (unpaired) electrons. The highest BCUT2D eigenvalue weighted by atomic mass is 28.2. The van der Waals surface area contributed by atoms with Crippen molar-refractivity contribution >= 4 is 36.6 Å². The van der Waals surface area contributed by atoms with Crippen LogP contribution in [-0.4, -0.2) is 36.6 Å². The van der Waals surface area contributed by atoms with Gasteiger partial charge in [-0.15, -0.1) is 0 Å². The molecule has 0 heterocycles. The Kier molecular flexibility index (Phi) is 8.16. The Balaban J connectivity index is 3.30. The maximum absolute atomic E-state index is 5.29. The van der Waals surface area contributed by atoms with Crippen LogP contribution in [0.4, 0.5) is 0 Å². The van der Waals surface area contributed by atoms with Crippen LogP contribution in [0.2, 0.25) is 19.6 Å². The molecule has 0 aliphatic carbocycles. The Hall–Kier alpha value is 0.596. The summed E-state index contributed by atoms with van der Waals surface area (Å²) >= 11 is 0. The molecule has 0 aromatic heterocycles. The van der Waals surface area contributed by atoms with Crippen LogP contribution < -0.4 is 0 Å². The van der Waals surface area contributed by atoms with Gasteiger partial charge >= 0.3 is 7.32 Å². The van der Waals surface area contributed by atoms with Crippen molar-refractivity contribution in [3.63, 3.8) is 0 Å². The minimum absolute atomic E-state index is 0.287. The third-order valence-corrected chi connectivity index (χ3v) is 2.72. The molecule has 0 unspecified atom stereocenters. The number of rotatable bonds is 6. The summed E-state index contributed by atoms with van der Waals surface area (Å²) in [5.41, 5.74) is 0. The molecule has 0 spiro atoms. The lowest BCUT2D eigenvalue weighted by Crippen LogP contribution is -2.29. The minimum Gasteiger partial charge on any atom is -0.435 e. The van der Waals surface area contributed by atoms with Crippen LogP contribution >= 0.6 is 0 Å². The molecule has 60 valence electrons. The fourth-order valence-electron chi connectivity index (χ4n) is 0.553. The van der Waals surface area contributed by atoms with Crippen molar-refractivity contribution < 1.29 is 13.0 Å². The van der Waals surface area contributed by atoms with Gasteiger partial charge in [0.1, 0.15) is 29.3 Å². The monoisotopic (exact) mass is 194 g/mol. The second-order valence-electron chi connectivity index (χ2n) is 1.65. The second kappa shape index (κ2) is 7.70. The van der Waals surface area contributed by atoms with Crippen molar-refractivity contribution in [2.45, 2.75) is 19.6 Å². The van der Waals surface area contributed by atoms with Gasteiger partial charge < -0.3 is 13.0 Å². The topological polar surface area (TPSA) is 27.7 Å². The predicted molar refractivity (Wildman–Crippen MR) is 52.2 cm³/mol. The minimum atomic E-state index is -0.380. The average molecular weight is 194 g/mol. The normalized spacial score (nSPS) is 13.5. The van der Waals surface area contributed by atoms with Crippen LogP contribution in [0.5, 0.6) is 0 Å².